The van der Waals surface area contributed by atoms with Crippen LogP contribution in [0.15, 0.2) is 11.4 Å². The molecule has 2 rings (SSSR count). The molecule has 0 spiro atoms. The molecule has 1 amide bonds. The number of nitrogens with zero attached hydrogens (tertiary/aromatic N) is 1. The lowest BCUT2D eigenvalue weighted by Crippen LogP contribution is -2.47. The predicted molar refractivity (Wildman–Crippen MR) is 63.0 cm³/mol. The van der Waals surface area contributed by atoms with Gasteiger partial charge >= 0.3 is 0 Å². The fourth-order valence-electron chi connectivity index (χ4n) is 1.86. The van der Waals surface area contributed by atoms with Gasteiger partial charge in [0, 0.05) is 6.54 Å². The summed E-state index contributed by atoms with van der Waals surface area (Å²) in [5.74, 6) is -0.0415. The predicted octanol–water partition coefficient (Wildman–Crippen LogP) is 1.69. The molecule has 3 N–H and O–H groups in total. The third-order valence-electron chi connectivity index (χ3n) is 3.20. The van der Waals surface area contributed by atoms with E-state index in [9.17, 15) is 4.79 Å². The zero-order valence-electron chi connectivity index (χ0n) is 8.82. The maximum absolute atomic E-state index is 12.0. The quantitative estimate of drug-likeness (QED) is 0.836. The average Bonchev–Trinajstić information content (AvgIpc) is 2.64. The summed E-state index contributed by atoms with van der Waals surface area (Å²) >= 11 is 1.37. The van der Waals surface area contributed by atoms with Gasteiger partial charge in [-0.15, -0.1) is 11.3 Å². The summed E-state index contributed by atoms with van der Waals surface area (Å²) < 4.78 is 0. The van der Waals surface area contributed by atoms with Crippen LogP contribution in [0.2, 0.25) is 0 Å². The second-order valence-electron chi connectivity index (χ2n) is 4.07. The fourth-order valence-corrected chi connectivity index (χ4v) is 2.59. The summed E-state index contributed by atoms with van der Waals surface area (Å²) in [6, 6.07) is 3.76. The topological polar surface area (TPSA) is 78.9 Å². The zero-order valence-corrected chi connectivity index (χ0v) is 9.64. The van der Waals surface area contributed by atoms with Gasteiger partial charge in [-0.25, -0.2) is 0 Å². The molecular weight excluding hydrogens is 222 g/mol. The van der Waals surface area contributed by atoms with Crippen LogP contribution in [0.5, 0.6) is 0 Å². The zero-order chi connectivity index (χ0) is 11.6. The Morgan fingerprint density at radius 3 is 2.94 bits per heavy atom. The van der Waals surface area contributed by atoms with Crippen molar-refractivity contribution in [1.29, 1.82) is 5.26 Å². The van der Waals surface area contributed by atoms with Gasteiger partial charge in [0.2, 0.25) is 5.91 Å². The first-order chi connectivity index (χ1) is 7.72. The number of nitrogens with two attached hydrogens (primary N) is 1. The maximum Gasteiger partial charge on any atom is 0.232 e. The Labute approximate surface area is 98.1 Å². The molecule has 4 nitrogen and oxygen atoms in total. The van der Waals surface area contributed by atoms with Gasteiger partial charge in [0.25, 0.3) is 0 Å². The monoisotopic (exact) mass is 235 g/mol. The van der Waals surface area contributed by atoms with Crippen molar-refractivity contribution in [3.63, 3.8) is 0 Å². The van der Waals surface area contributed by atoms with Gasteiger partial charge in [-0.2, -0.15) is 5.26 Å². The first-order valence-corrected chi connectivity index (χ1v) is 6.09. The lowest BCUT2D eigenvalue weighted by molar-refractivity contribution is -0.129. The highest BCUT2D eigenvalue weighted by atomic mass is 32.1. The van der Waals surface area contributed by atoms with E-state index >= 15 is 0 Å². The fraction of sp³-hybridized carbons (Fsp3) is 0.455. The molecule has 0 saturated heterocycles. The molecule has 16 heavy (non-hydrogen) atoms. The van der Waals surface area contributed by atoms with Crippen LogP contribution < -0.4 is 11.1 Å². The van der Waals surface area contributed by atoms with Crippen LogP contribution >= 0.6 is 11.3 Å². The summed E-state index contributed by atoms with van der Waals surface area (Å²) in [5.41, 5.74) is 5.77. The number of nitrogens with one attached hydrogen (secondary N) is 1. The van der Waals surface area contributed by atoms with Gasteiger partial charge in [0.15, 0.2) is 0 Å². The van der Waals surface area contributed by atoms with Crippen molar-refractivity contribution in [1.82, 2.24) is 0 Å². The SMILES string of the molecule is N#Cc1ccsc1NC(=O)C1(CN)CCC1. The van der Waals surface area contributed by atoms with Crippen LogP contribution in [0.4, 0.5) is 5.00 Å². The number of nitriles is 1. The van der Waals surface area contributed by atoms with E-state index in [4.69, 9.17) is 11.0 Å². The third-order valence-corrected chi connectivity index (χ3v) is 4.03. The molecule has 1 heterocycles. The third kappa shape index (κ3) is 1.70. The van der Waals surface area contributed by atoms with Crippen molar-refractivity contribution in [2.24, 2.45) is 11.1 Å². The molecule has 1 aliphatic rings. The van der Waals surface area contributed by atoms with E-state index in [0.717, 1.165) is 19.3 Å². The molecule has 0 atom stereocenters. The lowest BCUT2D eigenvalue weighted by Gasteiger charge is -2.38. The number of rotatable bonds is 3. The number of carbonyl (C=O) groups excluding carboxylic acids is 1. The minimum atomic E-state index is -0.392. The Morgan fingerprint density at radius 1 is 1.69 bits per heavy atom. The molecule has 1 saturated carbocycles. The van der Waals surface area contributed by atoms with Crippen LogP contribution in [0.25, 0.3) is 0 Å². The minimum absolute atomic E-state index is 0.0415. The molecule has 84 valence electrons. The van der Waals surface area contributed by atoms with Gasteiger partial charge < -0.3 is 11.1 Å². The van der Waals surface area contributed by atoms with Crippen molar-refractivity contribution >= 4 is 22.2 Å². The highest BCUT2D eigenvalue weighted by Gasteiger charge is 2.43. The standard InChI is InChI=1S/C11H13N3OS/c12-6-8-2-5-16-9(8)14-10(15)11(7-13)3-1-4-11/h2,5H,1,3-4,7,13H2,(H,14,15). The first kappa shape index (κ1) is 11.1. The summed E-state index contributed by atoms with van der Waals surface area (Å²) in [4.78, 5) is 12.0. The van der Waals surface area contributed by atoms with Crippen LogP contribution in [-0.2, 0) is 4.79 Å². The number of carbonyl (C=O) groups is 1. The van der Waals surface area contributed by atoms with Crippen LogP contribution in [-0.4, -0.2) is 12.5 Å². The largest absolute Gasteiger partial charge is 0.329 e. The molecule has 1 fully saturated rings. The smallest absolute Gasteiger partial charge is 0.232 e. The lowest BCUT2D eigenvalue weighted by atomic mass is 9.68. The Morgan fingerprint density at radius 2 is 2.44 bits per heavy atom. The van der Waals surface area contributed by atoms with Crippen molar-refractivity contribution in [2.75, 3.05) is 11.9 Å². The molecule has 1 aliphatic carbocycles. The number of hydrogen-bond acceptors (Lipinski definition) is 4. The van der Waals surface area contributed by atoms with E-state index in [2.05, 4.69) is 11.4 Å². The Bertz CT molecular complexity index is 437. The second-order valence-corrected chi connectivity index (χ2v) is 4.98. The van der Waals surface area contributed by atoms with Crippen LogP contribution in [0.3, 0.4) is 0 Å². The molecule has 0 aromatic carbocycles. The van der Waals surface area contributed by atoms with Crippen LogP contribution in [0.1, 0.15) is 24.8 Å². The van der Waals surface area contributed by atoms with Gasteiger partial charge in [-0.1, -0.05) is 6.42 Å². The van der Waals surface area contributed by atoms with Crippen molar-refractivity contribution in [3.05, 3.63) is 17.0 Å². The Balaban J connectivity index is 2.11. The maximum atomic E-state index is 12.0. The summed E-state index contributed by atoms with van der Waals surface area (Å²) in [7, 11) is 0. The van der Waals surface area contributed by atoms with Gasteiger partial charge in [-0.05, 0) is 24.3 Å². The summed E-state index contributed by atoms with van der Waals surface area (Å²) in [6.45, 7) is 0.381. The van der Waals surface area contributed by atoms with E-state index in [0.29, 0.717) is 17.1 Å². The summed E-state index contributed by atoms with van der Waals surface area (Å²) in [5, 5.41) is 14.1. The molecule has 0 bridgehead atoms. The highest BCUT2D eigenvalue weighted by molar-refractivity contribution is 7.14. The van der Waals surface area contributed by atoms with E-state index in [1.807, 2.05) is 0 Å². The van der Waals surface area contributed by atoms with Gasteiger partial charge in [0.05, 0.1) is 11.0 Å². The van der Waals surface area contributed by atoms with E-state index in [-0.39, 0.29) is 5.91 Å². The van der Waals surface area contributed by atoms with Crippen molar-refractivity contribution in [2.45, 2.75) is 19.3 Å². The molecule has 5 heteroatoms. The molecule has 0 radical (unpaired) electrons. The first-order valence-electron chi connectivity index (χ1n) is 5.21. The van der Waals surface area contributed by atoms with Gasteiger partial charge in [-0.3, -0.25) is 4.79 Å². The summed E-state index contributed by atoms with van der Waals surface area (Å²) in [6.07, 6.45) is 2.76. The number of anilines is 1. The molecule has 0 unspecified atom stereocenters. The number of amides is 1. The number of thiophene rings is 1. The molecular formula is C11H13N3OS. The van der Waals surface area contributed by atoms with Gasteiger partial charge in [0.1, 0.15) is 11.1 Å². The van der Waals surface area contributed by atoms with E-state index in [1.165, 1.54) is 11.3 Å². The van der Waals surface area contributed by atoms with Crippen molar-refractivity contribution in [3.8, 4) is 6.07 Å². The second kappa shape index (κ2) is 4.24. The molecule has 0 aliphatic heterocycles. The minimum Gasteiger partial charge on any atom is -0.329 e. The Hall–Kier alpha value is -1.38. The van der Waals surface area contributed by atoms with Crippen molar-refractivity contribution < 1.29 is 4.79 Å². The average molecular weight is 235 g/mol. The molecule has 1 aromatic rings. The number of hydrogen-bond donors (Lipinski definition) is 2. The highest BCUT2D eigenvalue weighted by Crippen LogP contribution is 2.41. The normalized spacial score (nSPS) is 17.2. The van der Waals surface area contributed by atoms with E-state index in [1.54, 1.807) is 11.4 Å². The van der Waals surface area contributed by atoms with Crippen LogP contribution in [0, 0.1) is 16.7 Å². The van der Waals surface area contributed by atoms with E-state index < -0.39 is 5.41 Å². The molecule has 1 aromatic heterocycles. The Kier molecular flexibility index (Phi) is 2.95.